The Bertz CT molecular complexity index is 1390. The number of aliphatic hydroxyl groups is 1. The van der Waals surface area contributed by atoms with E-state index in [9.17, 15) is 9.90 Å². The number of carbonyl (C=O) groups is 1. The summed E-state index contributed by atoms with van der Waals surface area (Å²) in [4.78, 5) is 23.4. The third kappa shape index (κ3) is 6.32. The van der Waals surface area contributed by atoms with Crippen LogP contribution in [-0.2, 0) is 0 Å². The number of aliphatic hydroxyl groups excluding tert-OH is 1. The molecule has 2 aliphatic rings. The van der Waals surface area contributed by atoms with Crippen LogP contribution in [0.2, 0.25) is 10.0 Å². The number of nitrogens with zero attached hydrogens (tertiary/aromatic N) is 3. The predicted octanol–water partition coefficient (Wildman–Crippen LogP) is 7.16. The van der Waals surface area contributed by atoms with Gasteiger partial charge in [0.25, 0.3) is 0 Å². The van der Waals surface area contributed by atoms with Crippen molar-refractivity contribution in [2.24, 2.45) is 10.9 Å². The van der Waals surface area contributed by atoms with Gasteiger partial charge in [-0.1, -0.05) is 47.5 Å². The third-order valence-electron chi connectivity index (χ3n) is 7.63. The van der Waals surface area contributed by atoms with Crippen molar-refractivity contribution in [3.8, 4) is 11.5 Å². The number of urea groups is 1. The van der Waals surface area contributed by atoms with E-state index in [4.69, 9.17) is 37.7 Å². The smallest absolute Gasteiger partial charge is 0.326 e. The molecule has 0 bridgehead atoms. The summed E-state index contributed by atoms with van der Waals surface area (Å²) in [5.74, 6) is 1.96. The molecule has 41 heavy (non-hydrogen) atoms. The molecule has 0 aliphatic carbocycles. The van der Waals surface area contributed by atoms with Crippen LogP contribution in [0.4, 0.5) is 4.79 Å². The number of amidine groups is 1. The van der Waals surface area contributed by atoms with Gasteiger partial charge < -0.3 is 19.5 Å². The molecule has 9 heteroatoms. The zero-order chi connectivity index (χ0) is 29.1. The lowest BCUT2D eigenvalue weighted by molar-refractivity contribution is 0.120. The molecule has 0 radical (unpaired) electrons. The summed E-state index contributed by atoms with van der Waals surface area (Å²) in [7, 11) is 1.61. The highest BCUT2D eigenvalue weighted by molar-refractivity contribution is 6.30. The second kappa shape index (κ2) is 12.7. The van der Waals surface area contributed by atoms with Crippen LogP contribution in [0.5, 0.6) is 11.5 Å². The highest BCUT2D eigenvalue weighted by Gasteiger charge is 2.45. The fraction of sp³-hybridized carbons (Fsp3) is 0.375. The topological polar surface area (TPSA) is 74.6 Å². The molecule has 1 fully saturated rings. The zero-order valence-corrected chi connectivity index (χ0v) is 25.0. The van der Waals surface area contributed by atoms with E-state index in [1.54, 1.807) is 12.0 Å². The summed E-state index contributed by atoms with van der Waals surface area (Å²) in [5, 5.41) is 10.9. The van der Waals surface area contributed by atoms with Crippen molar-refractivity contribution in [1.29, 1.82) is 0 Å². The summed E-state index contributed by atoms with van der Waals surface area (Å²) in [5.41, 5.74) is 2.54. The van der Waals surface area contributed by atoms with Gasteiger partial charge in [-0.2, -0.15) is 0 Å². The van der Waals surface area contributed by atoms with E-state index in [0.29, 0.717) is 46.0 Å². The largest absolute Gasteiger partial charge is 0.497 e. The van der Waals surface area contributed by atoms with Crippen molar-refractivity contribution in [3.63, 3.8) is 0 Å². The maximum atomic E-state index is 14.5. The number of aliphatic imine (C=N–C) groups is 1. The molecule has 2 heterocycles. The van der Waals surface area contributed by atoms with Gasteiger partial charge in [0.05, 0.1) is 24.8 Å². The number of piperidine rings is 1. The van der Waals surface area contributed by atoms with Gasteiger partial charge in [-0.15, -0.1) is 0 Å². The average molecular weight is 597 g/mol. The van der Waals surface area contributed by atoms with E-state index < -0.39 is 12.1 Å². The lowest BCUT2D eigenvalue weighted by Gasteiger charge is -2.37. The molecule has 0 aromatic heterocycles. The van der Waals surface area contributed by atoms with Crippen LogP contribution >= 0.6 is 23.2 Å². The molecule has 5 rings (SSSR count). The summed E-state index contributed by atoms with van der Waals surface area (Å²) >= 11 is 12.5. The van der Waals surface area contributed by atoms with Crippen LogP contribution in [0.3, 0.4) is 0 Å². The van der Waals surface area contributed by atoms with Crippen LogP contribution < -0.4 is 9.47 Å². The molecule has 2 aliphatic heterocycles. The Kier molecular flexibility index (Phi) is 9.07. The van der Waals surface area contributed by atoms with Crippen LogP contribution in [0, 0.1) is 5.92 Å². The van der Waals surface area contributed by atoms with Crippen molar-refractivity contribution in [2.45, 2.75) is 44.9 Å². The number of halogens is 2. The van der Waals surface area contributed by atoms with Crippen molar-refractivity contribution in [3.05, 3.63) is 93.5 Å². The summed E-state index contributed by atoms with van der Waals surface area (Å²) in [6.45, 7) is 5.17. The highest BCUT2D eigenvalue weighted by atomic mass is 35.5. The minimum Gasteiger partial charge on any atom is -0.497 e. The van der Waals surface area contributed by atoms with Crippen molar-refractivity contribution in [2.75, 3.05) is 26.8 Å². The Hall–Kier alpha value is -3.26. The van der Waals surface area contributed by atoms with Gasteiger partial charge in [-0.25, -0.2) is 4.79 Å². The third-order valence-corrected chi connectivity index (χ3v) is 8.14. The minimum atomic E-state index is -0.444. The molecule has 3 aromatic carbocycles. The Balaban J connectivity index is 1.67. The van der Waals surface area contributed by atoms with Gasteiger partial charge in [-0.05, 0) is 80.1 Å². The van der Waals surface area contributed by atoms with E-state index in [-0.39, 0.29) is 24.7 Å². The maximum absolute atomic E-state index is 14.5. The first-order valence-corrected chi connectivity index (χ1v) is 14.7. The van der Waals surface area contributed by atoms with E-state index in [2.05, 4.69) is 0 Å². The fourth-order valence-corrected chi connectivity index (χ4v) is 5.73. The van der Waals surface area contributed by atoms with Crippen molar-refractivity contribution < 1.29 is 19.4 Å². The second-order valence-electron chi connectivity index (χ2n) is 10.7. The molecule has 2 atom stereocenters. The van der Waals surface area contributed by atoms with E-state index >= 15 is 0 Å². The number of methoxy groups -OCH3 is 1. The predicted molar refractivity (Wildman–Crippen MR) is 162 cm³/mol. The average Bonchev–Trinajstić information content (AvgIpc) is 3.37. The Morgan fingerprint density at radius 1 is 0.976 bits per heavy atom. The van der Waals surface area contributed by atoms with Gasteiger partial charge in [0.2, 0.25) is 0 Å². The minimum absolute atomic E-state index is 0.108. The fourth-order valence-electron chi connectivity index (χ4n) is 5.48. The van der Waals surface area contributed by atoms with Gasteiger partial charge in [0.1, 0.15) is 23.4 Å². The van der Waals surface area contributed by atoms with Gasteiger partial charge >= 0.3 is 6.03 Å². The molecule has 1 saturated heterocycles. The first kappa shape index (κ1) is 29.2. The lowest BCUT2D eigenvalue weighted by atomic mass is 9.93. The number of hydrogen-bond acceptors (Lipinski definition) is 5. The number of likely N-dealkylation sites (tertiary alicyclic amines) is 1. The molecule has 1 N–H and O–H groups in total. The summed E-state index contributed by atoms with van der Waals surface area (Å²) < 4.78 is 11.7. The van der Waals surface area contributed by atoms with Crippen LogP contribution in [0.1, 0.15) is 55.5 Å². The van der Waals surface area contributed by atoms with Crippen molar-refractivity contribution >= 4 is 35.1 Å². The molecule has 7 nitrogen and oxygen atoms in total. The van der Waals surface area contributed by atoms with Crippen LogP contribution in [0.25, 0.3) is 0 Å². The normalized spacial score (nSPS) is 19.4. The number of amides is 2. The number of carbonyl (C=O) groups excluding carboxylic acids is 1. The van der Waals surface area contributed by atoms with Gasteiger partial charge in [0, 0.05) is 35.8 Å². The SMILES string of the molecule is COc1ccc(C2=NC(c3ccc(Cl)cc3)C(c3ccc(Cl)cc3)N2C(=O)N2CCC(CO)CC2)c(OC(C)C)c1. The van der Waals surface area contributed by atoms with E-state index in [1.807, 2.05) is 85.5 Å². The number of benzene rings is 3. The van der Waals surface area contributed by atoms with E-state index in [1.165, 1.54) is 0 Å². The first-order valence-electron chi connectivity index (χ1n) is 13.9. The molecular weight excluding hydrogens is 561 g/mol. The Labute approximate surface area is 251 Å². The molecule has 3 aromatic rings. The lowest BCUT2D eigenvalue weighted by Crippen LogP contribution is -2.49. The van der Waals surface area contributed by atoms with Gasteiger partial charge in [0.15, 0.2) is 0 Å². The molecule has 2 unspecified atom stereocenters. The standard InChI is InChI=1S/C32H35Cl2N3O4/c1-20(2)41-28-18-26(40-3)12-13-27(28)31-35-29(22-4-8-24(33)9-5-22)30(23-6-10-25(34)11-7-23)37(31)32(39)36-16-14-21(19-38)15-17-36/h4-13,18,20-21,29-30,38H,14-17,19H2,1-3H3. The molecule has 2 amide bonds. The molecule has 0 spiro atoms. The Morgan fingerprint density at radius 2 is 1.59 bits per heavy atom. The number of hydrogen-bond donors (Lipinski definition) is 1. The monoisotopic (exact) mass is 595 g/mol. The van der Waals surface area contributed by atoms with Crippen LogP contribution in [0.15, 0.2) is 71.7 Å². The highest BCUT2D eigenvalue weighted by Crippen LogP contribution is 2.46. The summed E-state index contributed by atoms with van der Waals surface area (Å²) in [6.07, 6.45) is 1.39. The first-order chi connectivity index (χ1) is 19.8. The van der Waals surface area contributed by atoms with Gasteiger partial charge in [-0.3, -0.25) is 9.89 Å². The molecule has 0 saturated carbocycles. The zero-order valence-electron chi connectivity index (χ0n) is 23.5. The quantitative estimate of drug-likeness (QED) is 0.314. The number of ether oxygens (including phenoxy) is 2. The molecular formula is C32H35Cl2N3O4. The number of rotatable bonds is 7. The van der Waals surface area contributed by atoms with Crippen LogP contribution in [-0.4, -0.2) is 59.7 Å². The Morgan fingerprint density at radius 3 is 2.15 bits per heavy atom. The van der Waals surface area contributed by atoms with Crippen molar-refractivity contribution in [1.82, 2.24) is 9.80 Å². The second-order valence-corrected chi connectivity index (χ2v) is 11.6. The summed E-state index contributed by atoms with van der Waals surface area (Å²) in [6, 6.07) is 19.8. The molecule has 216 valence electrons. The maximum Gasteiger partial charge on any atom is 0.326 e. The van der Waals surface area contributed by atoms with E-state index in [0.717, 1.165) is 24.0 Å².